The maximum absolute atomic E-state index is 12.6. The molecule has 0 aliphatic carbocycles. The molecule has 0 aliphatic rings. The van der Waals surface area contributed by atoms with E-state index in [2.05, 4.69) is 9.97 Å². The maximum Gasteiger partial charge on any atom is 0.260 e. The minimum Gasteiger partial charge on any atom is -0.348 e. The number of nitrogens with zero attached hydrogens (tertiary/aromatic N) is 2. The van der Waals surface area contributed by atoms with Crippen LogP contribution in [0.25, 0.3) is 21.3 Å². The van der Waals surface area contributed by atoms with Crippen molar-refractivity contribution in [1.29, 1.82) is 0 Å². The highest BCUT2D eigenvalue weighted by atomic mass is 32.2. The molecule has 0 unspecified atom stereocenters. The van der Waals surface area contributed by atoms with Crippen LogP contribution in [0, 0.1) is 0 Å². The molecular weight excluding hydrogens is 354 g/mol. The molecule has 3 rings (SSSR count). The number of carbonyl (C=O) groups excluding carboxylic acids is 1. The van der Waals surface area contributed by atoms with E-state index in [9.17, 15) is 9.59 Å². The molecule has 0 bridgehead atoms. The van der Waals surface area contributed by atoms with Crippen molar-refractivity contribution in [3.05, 3.63) is 51.9 Å². The van der Waals surface area contributed by atoms with Crippen LogP contribution < -0.4 is 5.56 Å². The molecule has 0 spiro atoms. The molecule has 3 aromatic rings. The Morgan fingerprint density at radius 3 is 2.72 bits per heavy atom. The van der Waals surface area contributed by atoms with Crippen LogP contribution in [-0.2, 0) is 10.5 Å². The van der Waals surface area contributed by atoms with E-state index in [1.165, 1.54) is 23.1 Å². The highest BCUT2D eigenvalue weighted by molar-refractivity contribution is 7.99. The Balaban J connectivity index is 1.86. The van der Waals surface area contributed by atoms with Crippen molar-refractivity contribution in [2.45, 2.75) is 17.9 Å². The normalized spacial score (nSPS) is 12.3. The predicted molar refractivity (Wildman–Crippen MR) is 105 cm³/mol. The Morgan fingerprint density at radius 2 is 2.04 bits per heavy atom. The molecule has 1 amide bonds. The molecule has 0 radical (unpaired) electrons. The number of aromatic amines is 1. The summed E-state index contributed by atoms with van der Waals surface area (Å²) in [6.07, 6.45) is 0. The largest absolute Gasteiger partial charge is 0.348 e. The number of amides is 1. The SMILES string of the molecule is C[C@H](SCc1nc2scc(-c3ccccc3)c2c(=O)[nH]1)C(=O)N(C)C. The van der Waals surface area contributed by atoms with E-state index in [1.54, 1.807) is 19.0 Å². The van der Waals surface area contributed by atoms with E-state index in [-0.39, 0.29) is 16.7 Å². The highest BCUT2D eigenvalue weighted by Crippen LogP contribution is 2.30. The van der Waals surface area contributed by atoms with Gasteiger partial charge in [-0.25, -0.2) is 4.98 Å². The number of fused-ring (bicyclic) bond motifs is 1. The number of carbonyl (C=O) groups is 1. The summed E-state index contributed by atoms with van der Waals surface area (Å²) in [5, 5.41) is 2.42. The predicted octanol–water partition coefficient (Wildman–Crippen LogP) is 3.36. The number of rotatable bonds is 5. The van der Waals surface area contributed by atoms with E-state index in [0.29, 0.717) is 17.0 Å². The monoisotopic (exact) mass is 373 g/mol. The number of hydrogen-bond acceptors (Lipinski definition) is 5. The molecule has 1 aromatic carbocycles. The fourth-order valence-electron chi connectivity index (χ4n) is 2.53. The Hall–Kier alpha value is -2.12. The van der Waals surface area contributed by atoms with Crippen molar-refractivity contribution in [2.24, 2.45) is 0 Å². The third-order valence-corrected chi connectivity index (χ3v) is 5.85. The second-order valence-electron chi connectivity index (χ2n) is 5.89. The van der Waals surface area contributed by atoms with Crippen LogP contribution in [0.1, 0.15) is 12.7 Å². The average Bonchev–Trinajstić information content (AvgIpc) is 3.04. The lowest BCUT2D eigenvalue weighted by atomic mass is 10.1. The molecule has 0 fully saturated rings. The van der Waals surface area contributed by atoms with E-state index in [4.69, 9.17) is 0 Å². The Morgan fingerprint density at radius 1 is 1.32 bits per heavy atom. The Kier molecular flexibility index (Phi) is 5.24. The first-order valence-corrected chi connectivity index (χ1v) is 9.79. The van der Waals surface area contributed by atoms with Crippen LogP contribution in [-0.4, -0.2) is 40.1 Å². The van der Waals surface area contributed by atoms with Gasteiger partial charge in [-0.3, -0.25) is 9.59 Å². The number of aromatic nitrogens is 2. The summed E-state index contributed by atoms with van der Waals surface area (Å²) in [6, 6.07) is 9.83. The van der Waals surface area contributed by atoms with Crippen molar-refractivity contribution in [1.82, 2.24) is 14.9 Å². The van der Waals surface area contributed by atoms with Crippen LogP contribution in [0.15, 0.2) is 40.5 Å². The Labute approximate surface area is 154 Å². The highest BCUT2D eigenvalue weighted by Gasteiger charge is 2.17. The summed E-state index contributed by atoms with van der Waals surface area (Å²) in [7, 11) is 3.48. The van der Waals surface area contributed by atoms with E-state index < -0.39 is 0 Å². The zero-order valence-corrected chi connectivity index (χ0v) is 15.9. The second-order valence-corrected chi connectivity index (χ2v) is 8.08. The first kappa shape index (κ1) is 17.7. The van der Waals surface area contributed by atoms with Gasteiger partial charge in [0.1, 0.15) is 10.7 Å². The van der Waals surface area contributed by atoms with Crippen molar-refractivity contribution in [2.75, 3.05) is 14.1 Å². The molecule has 1 N–H and O–H groups in total. The quantitative estimate of drug-likeness (QED) is 0.745. The molecule has 2 heterocycles. The molecule has 2 aromatic heterocycles. The van der Waals surface area contributed by atoms with Crippen LogP contribution in [0.2, 0.25) is 0 Å². The first-order valence-electron chi connectivity index (χ1n) is 7.86. The molecule has 25 heavy (non-hydrogen) atoms. The van der Waals surface area contributed by atoms with Gasteiger partial charge in [0.25, 0.3) is 5.56 Å². The number of thiophene rings is 1. The standard InChI is InChI=1S/C18H19N3O2S2/c1-11(18(23)21(2)3)24-10-14-19-16(22)15-13(9-25-17(15)20-14)12-7-5-4-6-8-12/h4-9,11H,10H2,1-3H3,(H,19,20,22)/t11-/m0/s1. The molecule has 1 atom stereocenters. The van der Waals surface area contributed by atoms with Crippen LogP contribution in [0.3, 0.4) is 0 Å². The van der Waals surface area contributed by atoms with Gasteiger partial charge in [-0.1, -0.05) is 30.3 Å². The smallest absolute Gasteiger partial charge is 0.260 e. The average molecular weight is 374 g/mol. The zero-order valence-electron chi connectivity index (χ0n) is 14.3. The topological polar surface area (TPSA) is 66.1 Å². The van der Waals surface area contributed by atoms with Gasteiger partial charge in [-0.15, -0.1) is 23.1 Å². The lowest BCUT2D eigenvalue weighted by Crippen LogP contribution is -2.29. The van der Waals surface area contributed by atoms with E-state index in [1.807, 2.05) is 42.6 Å². The van der Waals surface area contributed by atoms with Gasteiger partial charge >= 0.3 is 0 Å². The van der Waals surface area contributed by atoms with Crippen LogP contribution in [0.4, 0.5) is 0 Å². The van der Waals surface area contributed by atoms with Gasteiger partial charge in [0.05, 0.1) is 16.4 Å². The van der Waals surface area contributed by atoms with Crippen molar-refractivity contribution in [3.8, 4) is 11.1 Å². The lowest BCUT2D eigenvalue weighted by molar-refractivity contribution is -0.127. The summed E-state index contributed by atoms with van der Waals surface area (Å²) < 4.78 is 0. The molecular formula is C18H19N3O2S2. The summed E-state index contributed by atoms with van der Waals surface area (Å²) in [5.41, 5.74) is 1.78. The van der Waals surface area contributed by atoms with Crippen molar-refractivity contribution < 1.29 is 4.79 Å². The molecule has 0 aliphatic heterocycles. The molecule has 5 nitrogen and oxygen atoms in total. The number of H-pyrrole nitrogens is 1. The van der Waals surface area contributed by atoms with E-state index in [0.717, 1.165) is 16.0 Å². The van der Waals surface area contributed by atoms with Gasteiger partial charge in [-0.2, -0.15) is 0 Å². The number of thioether (sulfide) groups is 1. The van der Waals surface area contributed by atoms with Gasteiger partial charge in [0.15, 0.2) is 0 Å². The minimum absolute atomic E-state index is 0.0518. The number of hydrogen-bond donors (Lipinski definition) is 1. The second kappa shape index (κ2) is 7.41. The van der Waals surface area contributed by atoms with Gasteiger partial charge in [-0.05, 0) is 12.5 Å². The zero-order chi connectivity index (χ0) is 18.0. The van der Waals surface area contributed by atoms with Crippen LogP contribution >= 0.6 is 23.1 Å². The van der Waals surface area contributed by atoms with Crippen LogP contribution in [0.5, 0.6) is 0 Å². The van der Waals surface area contributed by atoms with E-state index >= 15 is 0 Å². The van der Waals surface area contributed by atoms with Gasteiger partial charge in [0, 0.05) is 25.0 Å². The third-order valence-electron chi connectivity index (χ3n) is 3.84. The molecule has 130 valence electrons. The summed E-state index contributed by atoms with van der Waals surface area (Å²) in [4.78, 5) is 34.2. The van der Waals surface area contributed by atoms with Crippen molar-refractivity contribution >= 4 is 39.2 Å². The van der Waals surface area contributed by atoms with Gasteiger partial charge < -0.3 is 9.88 Å². The fraction of sp³-hybridized carbons (Fsp3) is 0.278. The number of benzene rings is 1. The summed E-state index contributed by atoms with van der Waals surface area (Å²) in [6.45, 7) is 1.86. The lowest BCUT2D eigenvalue weighted by Gasteiger charge is -2.15. The molecule has 0 saturated carbocycles. The van der Waals surface area contributed by atoms with Crippen molar-refractivity contribution in [3.63, 3.8) is 0 Å². The molecule has 0 saturated heterocycles. The summed E-state index contributed by atoms with van der Waals surface area (Å²) >= 11 is 2.93. The van der Waals surface area contributed by atoms with Gasteiger partial charge in [0.2, 0.25) is 5.91 Å². The first-order chi connectivity index (χ1) is 12.0. The fourth-order valence-corrected chi connectivity index (χ4v) is 4.40. The Bertz CT molecular complexity index is 948. The third kappa shape index (κ3) is 3.77. The maximum atomic E-state index is 12.6. The molecule has 7 heteroatoms. The minimum atomic E-state index is -0.181. The number of nitrogens with one attached hydrogen (secondary N) is 1. The summed E-state index contributed by atoms with van der Waals surface area (Å²) in [5.74, 6) is 1.14.